The smallest absolute Gasteiger partial charge is 0.0864 e. The summed E-state index contributed by atoms with van der Waals surface area (Å²) in [6, 6.07) is 6.50. The monoisotopic (exact) mass is 255 g/mol. The van der Waals surface area contributed by atoms with Crippen LogP contribution in [0.5, 0.6) is 0 Å². The van der Waals surface area contributed by atoms with Gasteiger partial charge in [0.05, 0.1) is 4.95 Å². The van der Waals surface area contributed by atoms with E-state index in [2.05, 4.69) is 61.8 Å². The van der Waals surface area contributed by atoms with Gasteiger partial charge in [0, 0.05) is 0 Å². The van der Waals surface area contributed by atoms with E-state index in [1.165, 1.54) is 16.7 Å². The zero-order valence-electron chi connectivity index (χ0n) is 9.26. The van der Waals surface area contributed by atoms with Crippen LogP contribution in [-0.4, -0.2) is 0 Å². The van der Waals surface area contributed by atoms with Crippen LogP contribution >= 0.6 is 15.9 Å². The van der Waals surface area contributed by atoms with Crippen molar-refractivity contribution in [1.82, 2.24) is 0 Å². The average molecular weight is 256 g/mol. The van der Waals surface area contributed by atoms with Crippen molar-refractivity contribution < 1.29 is 0 Å². The largest absolute Gasteiger partial charge is 0.315 e. The minimum atomic E-state index is -0.0650. The molecule has 2 heteroatoms. The van der Waals surface area contributed by atoms with Gasteiger partial charge in [0.25, 0.3) is 0 Å². The van der Waals surface area contributed by atoms with Gasteiger partial charge in [-0.25, -0.2) is 0 Å². The van der Waals surface area contributed by atoms with E-state index in [-0.39, 0.29) is 10.4 Å². The van der Waals surface area contributed by atoms with E-state index >= 15 is 0 Å². The highest BCUT2D eigenvalue weighted by molar-refractivity contribution is 9.09. The molecule has 78 valence electrons. The first kappa shape index (κ1) is 11.7. The van der Waals surface area contributed by atoms with Gasteiger partial charge in [-0.05, 0) is 29.0 Å². The van der Waals surface area contributed by atoms with Crippen LogP contribution in [0, 0.1) is 6.92 Å². The second kappa shape index (κ2) is 4.03. The highest BCUT2D eigenvalue weighted by Crippen LogP contribution is 2.28. The molecule has 14 heavy (non-hydrogen) atoms. The molecule has 0 bridgehead atoms. The number of aryl methyl sites for hydroxylation is 1. The summed E-state index contributed by atoms with van der Waals surface area (Å²) in [7, 11) is 0. The first-order chi connectivity index (χ1) is 6.32. The molecule has 1 aromatic rings. The van der Waals surface area contributed by atoms with Crippen LogP contribution in [0.3, 0.4) is 0 Å². The van der Waals surface area contributed by atoms with Gasteiger partial charge in [-0.1, -0.05) is 54.9 Å². The Balaban J connectivity index is 3.20. The van der Waals surface area contributed by atoms with Gasteiger partial charge < -0.3 is 5.73 Å². The number of benzene rings is 1. The minimum absolute atomic E-state index is 0.0650. The van der Waals surface area contributed by atoms with Crippen LogP contribution < -0.4 is 5.73 Å². The lowest BCUT2D eigenvalue weighted by molar-refractivity contribution is 0.589. The van der Waals surface area contributed by atoms with Crippen molar-refractivity contribution in [1.29, 1.82) is 0 Å². The summed E-state index contributed by atoms with van der Waals surface area (Å²) in [6.07, 6.45) is 0. The van der Waals surface area contributed by atoms with Crippen LogP contribution in [0.1, 0.15) is 42.4 Å². The maximum atomic E-state index is 5.84. The molecule has 0 aliphatic rings. The van der Waals surface area contributed by atoms with Gasteiger partial charge in [0.1, 0.15) is 0 Å². The highest BCUT2D eigenvalue weighted by atomic mass is 79.9. The zero-order chi connectivity index (χ0) is 10.9. The first-order valence-electron chi connectivity index (χ1n) is 4.83. The molecule has 0 amide bonds. The Morgan fingerprint density at radius 2 is 1.86 bits per heavy atom. The molecule has 0 spiro atoms. The standard InChI is InChI=1S/C12H18BrN/c1-8-5-6-9(12(2,3)4)7-10(8)11(13)14/h5-7,11H,14H2,1-4H3. The Bertz CT molecular complexity index is 324. The summed E-state index contributed by atoms with van der Waals surface area (Å²) in [5.41, 5.74) is 9.77. The van der Waals surface area contributed by atoms with E-state index < -0.39 is 0 Å². The molecule has 1 nitrogen and oxygen atoms in total. The second-order valence-electron chi connectivity index (χ2n) is 4.72. The lowest BCUT2D eigenvalue weighted by atomic mass is 9.85. The molecule has 1 unspecified atom stereocenters. The van der Waals surface area contributed by atoms with Crippen LogP contribution in [0.4, 0.5) is 0 Å². The van der Waals surface area contributed by atoms with Crippen molar-refractivity contribution in [2.75, 3.05) is 0 Å². The van der Waals surface area contributed by atoms with E-state index in [0.717, 1.165) is 0 Å². The molecule has 0 aliphatic carbocycles. The topological polar surface area (TPSA) is 26.0 Å². The number of nitrogens with two attached hydrogens (primary N) is 1. The molecular formula is C12H18BrN. The van der Waals surface area contributed by atoms with E-state index in [9.17, 15) is 0 Å². The Kier molecular flexibility index (Phi) is 3.38. The van der Waals surface area contributed by atoms with Crippen LogP contribution in [0.2, 0.25) is 0 Å². The fourth-order valence-electron chi connectivity index (χ4n) is 1.40. The number of hydrogen-bond donors (Lipinski definition) is 1. The van der Waals surface area contributed by atoms with E-state index in [1.54, 1.807) is 0 Å². The fraction of sp³-hybridized carbons (Fsp3) is 0.500. The van der Waals surface area contributed by atoms with Crippen LogP contribution in [0.25, 0.3) is 0 Å². The summed E-state index contributed by atoms with van der Waals surface area (Å²) in [4.78, 5) is -0.0650. The van der Waals surface area contributed by atoms with Gasteiger partial charge in [-0.2, -0.15) is 0 Å². The van der Waals surface area contributed by atoms with Gasteiger partial charge in [-0.3, -0.25) is 0 Å². The maximum Gasteiger partial charge on any atom is 0.0864 e. The quantitative estimate of drug-likeness (QED) is 0.602. The van der Waals surface area contributed by atoms with E-state index in [0.29, 0.717) is 0 Å². The Morgan fingerprint density at radius 1 is 1.29 bits per heavy atom. The van der Waals surface area contributed by atoms with Crippen LogP contribution in [-0.2, 0) is 5.41 Å². The number of hydrogen-bond acceptors (Lipinski definition) is 1. The number of halogens is 1. The molecular weight excluding hydrogens is 238 g/mol. The summed E-state index contributed by atoms with van der Waals surface area (Å²) in [5, 5.41) is 0. The van der Waals surface area contributed by atoms with Crippen LogP contribution in [0.15, 0.2) is 18.2 Å². The van der Waals surface area contributed by atoms with Gasteiger partial charge in [0.2, 0.25) is 0 Å². The van der Waals surface area contributed by atoms with Crippen molar-refractivity contribution in [3.8, 4) is 0 Å². The maximum absolute atomic E-state index is 5.84. The highest BCUT2D eigenvalue weighted by Gasteiger charge is 2.15. The van der Waals surface area contributed by atoms with Crippen molar-refractivity contribution in [2.45, 2.75) is 38.1 Å². The van der Waals surface area contributed by atoms with Crippen molar-refractivity contribution >= 4 is 15.9 Å². The lowest BCUT2D eigenvalue weighted by Gasteiger charge is -2.21. The predicted molar refractivity (Wildman–Crippen MR) is 65.7 cm³/mol. The van der Waals surface area contributed by atoms with E-state index in [4.69, 9.17) is 5.73 Å². The molecule has 0 aliphatic heterocycles. The molecule has 1 aromatic carbocycles. The summed E-state index contributed by atoms with van der Waals surface area (Å²) < 4.78 is 0. The Hall–Kier alpha value is -0.340. The van der Waals surface area contributed by atoms with Crippen molar-refractivity contribution in [3.63, 3.8) is 0 Å². The molecule has 2 N–H and O–H groups in total. The third-order valence-corrected chi connectivity index (χ3v) is 2.94. The van der Waals surface area contributed by atoms with Gasteiger partial charge in [0.15, 0.2) is 0 Å². The normalized spacial score (nSPS) is 14.1. The van der Waals surface area contributed by atoms with E-state index in [1.807, 2.05) is 0 Å². The minimum Gasteiger partial charge on any atom is -0.315 e. The summed E-state index contributed by atoms with van der Waals surface area (Å²) >= 11 is 3.41. The zero-order valence-corrected chi connectivity index (χ0v) is 10.9. The molecule has 0 radical (unpaired) electrons. The summed E-state index contributed by atoms with van der Waals surface area (Å²) in [5.74, 6) is 0. The second-order valence-corrected chi connectivity index (χ2v) is 5.71. The van der Waals surface area contributed by atoms with Crippen molar-refractivity contribution in [3.05, 3.63) is 34.9 Å². The summed E-state index contributed by atoms with van der Waals surface area (Å²) in [6.45, 7) is 8.71. The van der Waals surface area contributed by atoms with Gasteiger partial charge >= 0.3 is 0 Å². The lowest BCUT2D eigenvalue weighted by Crippen LogP contribution is -2.13. The van der Waals surface area contributed by atoms with Crippen molar-refractivity contribution in [2.24, 2.45) is 5.73 Å². The fourth-order valence-corrected chi connectivity index (χ4v) is 1.90. The molecule has 0 saturated carbocycles. The molecule has 0 saturated heterocycles. The molecule has 0 fully saturated rings. The first-order valence-corrected chi connectivity index (χ1v) is 5.74. The molecule has 1 rings (SSSR count). The number of rotatable bonds is 1. The Morgan fingerprint density at radius 3 is 2.29 bits per heavy atom. The third kappa shape index (κ3) is 2.58. The average Bonchev–Trinajstić information content (AvgIpc) is 2.02. The molecule has 0 heterocycles. The third-order valence-electron chi connectivity index (χ3n) is 2.44. The number of alkyl halides is 1. The SMILES string of the molecule is Cc1ccc(C(C)(C)C)cc1C(N)Br. The predicted octanol–water partition coefficient (Wildman–Crippen LogP) is 3.64. The van der Waals surface area contributed by atoms with Gasteiger partial charge in [-0.15, -0.1) is 0 Å². The Labute approximate surface area is 94.8 Å². The molecule has 0 aromatic heterocycles. The molecule has 1 atom stereocenters.